The average molecular weight is 315 g/mol. The van der Waals surface area contributed by atoms with Gasteiger partial charge < -0.3 is 14.4 Å². The molecule has 120 valence electrons. The Morgan fingerprint density at radius 3 is 2.74 bits per heavy atom. The van der Waals surface area contributed by atoms with E-state index in [1.54, 1.807) is 29.1 Å². The third-order valence-corrected chi connectivity index (χ3v) is 3.45. The highest BCUT2D eigenvalue weighted by atomic mass is 19.1. The summed E-state index contributed by atoms with van der Waals surface area (Å²) >= 11 is 0. The van der Waals surface area contributed by atoms with Gasteiger partial charge >= 0.3 is 0 Å². The van der Waals surface area contributed by atoms with Crippen LogP contribution in [0.3, 0.4) is 0 Å². The Morgan fingerprint density at radius 2 is 1.96 bits per heavy atom. The van der Waals surface area contributed by atoms with E-state index in [-0.39, 0.29) is 19.0 Å². The first-order chi connectivity index (χ1) is 11.2. The number of halogens is 1. The largest absolute Gasteiger partial charge is 0.389 e. The summed E-state index contributed by atoms with van der Waals surface area (Å²) in [4.78, 5) is 0. The van der Waals surface area contributed by atoms with Gasteiger partial charge in [0.2, 0.25) is 0 Å². The van der Waals surface area contributed by atoms with Crippen LogP contribution in [0.1, 0.15) is 5.56 Å². The van der Waals surface area contributed by atoms with Crippen molar-refractivity contribution in [3.63, 3.8) is 0 Å². The van der Waals surface area contributed by atoms with Gasteiger partial charge in [-0.15, -0.1) is 0 Å². The van der Waals surface area contributed by atoms with Gasteiger partial charge in [0.15, 0.2) is 0 Å². The van der Waals surface area contributed by atoms with Gasteiger partial charge in [0.1, 0.15) is 5.82 Å². The smallest absolute Gasteiger partial charge is 0.128 e. The maximum Gasteiger partial charge on any atom is 0.128 e. The fourth-order valence-electron chi connectivity index (χ4n) is 2.28. The van der Waals surface area contributed by atoms with Crippen LogP contribution in [-0.4, -0.2) is 32.2 Å². The Labute approximate surface area is 133 Å². The van der Waals surface area contributed by atoms with Crippen LogP contribution in [0.4, 0.5) is 4.39 Å². The van der Waals surface area contributed by atoms with E-state index in [1.807, 2.05) is 35.3 Å². The summed E-state index contributed by atoms with van der Waals surface area (Å²) in [6, 6.07) is 10.3. The second-order valence-electron chi connectivity index (χ2n) is 5.27. The van der Waals surface area contributed by atoms with Gasteiger partial charge in [-0.25, -0.2) is 4.39 Å². The number of ether oxygens (including phenoxy) is 1. The molecule has 0 amide bonds. The van der Waals surface area contributed by atoms with Crippen LogP contribution in [0, 0.1) is 5.82 Å². The van der Waals surface area contributed by atoms with Crippen molar-refractivity contribution in [2.45, 2.75) is 19.3 Å². The Kier molecular flexibility index (Phi) is 4.85. The standard InChI is InChI=1S/C17H18FN3O2/c18-17-6-2-1-5-14(17)12-23-13-16(22)11-21-10-15(9-19-21)20-7-3-4-8-20/h1-10,16,22H,11-13H2/t16-/m1/s1. The summed E-state index contributed by atoms with van der Waals surface area (Å²) in [7, 11) is 0. The zero-order chi connectivity index (χ0) is 16.1. The van der Waals surface area contributed by atoms with Crippen LogP contribution in [0.2, 0.25) is 0 Å². The van der Waals surface area contributed by atoms with Crippen molar-refractivity contribution in [1.29, 1.82) is 0 Å². The summed E-state index contributed by atoms with van der Waals surface area (Å²) in [6.07, 6.45) is 6.72. The Morgan fingerprint density at radius 1 is 1.17 bits per heavy atom. The topological polar surface area (TPSA) is 52.2 Å². The first-order valence-electron chi connectivity index (χ1n) is 7.37. The third-order valence-electron chi connectivity index (χ3n) is 3.45. The van der Waals surface area contributed by atoms with Crippen LogP contribution in [0.5, 0.6) is 0 Å². The van der Waals surface area contributed by atoms with Crippen molar-refractivity contribution in [3.8, 4) is 5.69 Å². The van der Waals surface area contributed by atoms with Crippen molar-refractivity contribution in [2.75, 3.05) is 6.61 Å². The summed E-state index contributed by atoms with van der Waals surface area (Å²) in [5.74, 6) is -0.301. The van der Waals surface area contributed by atoms with E-state index in [0.717, 1.165) is 5.69 Å². The maximum atomic E-state index is 13.4. The van der Waals surface area contributed by atoms with Gasteiger partial charge in [-0.05, 0) is 18.2 Å². The molecule has 2 heterocycles. The van der Waals surface area contributed by atoms with Gasteiger partial charge in [0.05, 0.1) is 37.7 Å². The second-order valence-corrected chi connectivity index (χ2v) is 5.27. The molecule has 2 aromatic heterocycles. The Hall–Kier alpha value is -2.44. The zero-order valence-corrected chi connectivity index (χ0v) is 12.5. The molecule has 0 saturated heterocycles. The number of aliphatic hydroxyl groups is 1. The molecule has 0 fully saturated rings. The molecule has 6 heteroatoms. The molecule has 0 aliphatic heterocycles. The predicted octanol–water partition coefficient (Wildman–Crippen LogP) is 2.39. The summed E-state index contributed by atoms with van der Waals surface area (Å²) < 4.78 is 22.4. The van der Waals surface area contributed by atoms with Crippen molar-refractivity contribution in [1.82, 2.24) is 14.3 Å². The summed E-state index contributed by atoms with van der Waals surface area (Å²) in [6.45, 7) is 0.572. The highest BCUT2D eigenvalue weighted by Crippen LogP contribution is 2.09. The van der Waals surface area contributed by atoms with Crippen LogP contribution in [-0.2, 0) is 17.9 Å². The Balaban J connectivity index is 1.48. The first-order valence-corrected chi connectivity index (χ1v) is 7.37. The molecule has 0 saturated carbocycles. The van der Waals surface area contributed by atoms with E-state index >= 15 is 0 Å². The minimum absolute atomic E-state index is 0.118. The quantitative estimate of drug-likeness (QED) is 0.728. The van der Waals surface area contributed by atoms with Gasteiger partial charge in [0.25, 0.3) is 0 Å². The molecular formula is C17H18FN3O2. The lowest BCUT2D eigenvalue weighted by Crippen LogP contribution is -2.22. The molecule has 0 aliphatic rings. The van der Waals surface area contributed by atoms with Gasteiger partial charge in [-0.3, -0.25) is 4.68 Å². The molecule has 1 atom stereocenters. The molecule has 3 aromatic rings. The molecule has 1 aromatic carbocycles. The van der Waals surface area contributed by atoms with Crippen molar-refractivity contribution in [3.05, 3.63) is 72.6 Å². The number of benzene rings is 1. The number of nitrogens with zero attached hydrogens (tertiary/aromatic N) is 3. The molecule has 0 spiro atoms. The van der Waals surface area contributed by atoms with Crippen LogP contribution in [0.25, 0.3) is 5.69 Å². The second kappa shape index (κ2) is 7.21. The summed E-state index contributed by atoms with van der Waals surface area (Å²) in [5, 5.41) is 14.2. The van der Waals surface area contributed by atoms with E-state index in [4.69, 9.17) is 4.74 Å². The highest BCUT2D eigenvalue weighted by molar-refractivity contribution is 5.26. The molecule has 0 unspecified atom stereocenters. The monoisotopic (exact) mass is 315 g/mol. The fourth-order valence-corrected chi connectivity index (χ4v) is 2.28. The molecule has 5 nitrogen and oxygen atoms in total. The summed E-state index contributed by atoms with van der Waals surface area (Å²) in [5.41, 5.74) is 1.41. The normalized spacial score (nSPS) is 12.4. The molecule has 0 bridgehead atoms. The predicted molar refractivity (Wildman–Crippen MR) is 83.6 cm³/mol. The molecule has 3 rings (SSSR count). The lowest BCUT2D eigenvalue weighted by molar-refractivity contribution is 0.0178. The van der Waals surface area contributed by atoms with Crippen LogP contribution in [0.15, 0.2) is 61.2 Å². The molecule has 0 radical (unpaired) electrons. The number of hydrogen-bond acceptors (Lipinski definition) is 3. The van der Waals surface area contributed by atoms with Crippen LogP contribution < -0.4 is 0 Å². The van der Waals surface area contributed by atoms with E-state index in [1.165, 1.54) is 6.07 Å². The zero-order valence-electron chi connectivity index (χ0n) is 12.5. The SMILES string of the molecule is O[C@@H](COCc1ccccc1F)Cn1cc(-n2cccc2)cn1. The fraction of sp³-hybridized carbons (Fsp3) is 0.235. The van der Waals surface area contributed by atoms with Gasteiger partial charge in [-0.1, -0.05) is 18.2 Å². The minimum atomic E-state index is -0.709. The number of hydrogen-bond donors (Lipinski definition) is 1. The van der Waals surface area contributed by atoms with Crippen molar-refractivity contribution in [2.24, 2.45) is 0 Å². The van der Waals surface area contributed by atoms with Gasteiger partial charge in [-0.2, -0.15) is 5.10 Å². The highest BCUT2D eigenvalue weighted by Gasteiger charge is 2.09. The number of aromatic nitrogens is 3. The van der Waals surface area contributed by atoms with Gasteiger partial charge in [0, 0.05) is 24.2 Å². The molecular weight excluding hydrogens is 297 g/mol. The van der Waals surface area contributed by atoms with E-state index in [0.29, 0.717) is 12.1 Å². The first kappa shape index (κ1) is 15.5. The maximum absolute atomic E-state index is 13.4. The lowest BCUT2D eigenvalue weighted by Gasteiger charge is -2.11. The van der Waals surface area contributed by atoms with Crippen molar-refractivity contribution >= 4 is 0 Å². The lowest BCUT2D eigenvalue weighted by atomic mass is 10.2. The van der Waals surface area contributed by atoms with E-state index < -0.39 is 6.10 Å². The van der Waals surface area contributed by atoms with Crippen LogP contribution >= 0.6 is 0 Å². The minimum Gasteiger partial charge on any atom is -0.389 e. The average Bonchev–Trinajstić information content (AvgIpc) is 3.20. The van der Waals surface area contributed by atoms with E-state index in [2.05, 4.69) is 5.10 Å². The molecule has 0 aliphatic carbocycles. The number of rotatable bonds is 7. The molecule has 1 N–H and O–H groups in total. The Bertz CT molecular complexity index is 740. The molecule has 23 heavy (non-hydrogen) atoms. The van der Waals surface area contributed by atoms with Crippen molar-refractivity contribution < 1.29 is 14.2 Å². The third kappa shape index (κ3) is 4.06. The number of aliphatic hydroxyl groups excluding tert-OH is 1. The van der Waals surface area contributed by atoms with E-state index in [9.17, 15) is 9.50 Å².